The molecular formula is C20H16N2OS. The maximum absolute atomic E-state index is 12.7. The molecular weight excluding hydrogens is 316 g/mol. The standard InChI is InChI=1S/C20H16N2OS/c1-12-6-5-7-13(2)18(12)22-19(23)17-11-15-10-14-8-3-4-9-16(14)21-20(15)24-17/h3-11H,1-2H3,(H,22,23). The van der Waals surface area contributed by atoms with Crippen molar-refractivity contribution >= 4 is 44.1 Å². The van der Waals surface area contributed by atoms with Crippen LogP contribution < -0.4 is 5.32 Å². The van der Waals surface area contributed by atoms with Crippen LogP contribution in [0.15, 0.2) is 54.6 Å². The highest BCUT2D eigenvalue weighted by Gasteiger charge is 2.14. The van der Waals surface area contributed by atoms with E-state index in [2.05, 4.69) is 16.4 Å². The normalized spacial score (nSPS) is 11.1. The molecule has 2 heterocycles. The molecule has 2 aromatic carbocycles. The van der Waals surface area contributed by atoms with Gasteiger partial charge in [0.15, 0.2) is 0 Å². The predicted molar refractivity (Wildman–Crippen MR) is 101 cm³/mol. The van der Waals surface area contributed by atoms with Crippen LogP contribution in [0.3, 0.4) is 0 Å². The molecule has 0 aliphatic carbocycles. The molecule has 4 aromatic rings. The smallest absolute Gasteiger partial charge is 0.265 e. The van der Waals surface area contributed by atoms with Gasteiger partial charge in [0.25, 0.3) is 5.91 Å². The lowest BCUT2D eigenvalue weighted by molar-refractivity contribution is 0.103. The van der Waals surface area contributed by atoms with Crippen LogP contribution in [0.1, 0.15) is 20.8 Å². The van der Waals surface area contributed by atoms with Crippen LogP contribution >= 0.6 is 11.3 Å². The summed E-state index contributed by atoms with van der Waals surface area (Å²) in [6.07, 6.45) is 0. The summed E-state index contributed by atoms with van der Waals surface area (Å²) in [6, 6.07) is 18.0. The summed E-state index contributed by atoms with van der Waals surface area (Å²) < 4.78 is 0. The number of hydrogen-bond acceptors (Lipinski definition) is 3. The zero-order valence-corrected chi connectivity index (χ0v) is 14.3. The fourth-order valence-corrected chi connectivity index (χ4v) is 3.79. The Bertz CT molecular complexity index is 1010. The number of rotatable bonds is 2. The second kappa shape index (κ2) is 5.73. The van der Waals surface area contributed by atoms with E-state index >= 15 is 0 Å². The van der Waals surface area contributed by atoms with Gasteiger partial charge in [-0.25, -0.2) is 4.98 Å². The maximum atomic E-state index is 12.7. The van der Waals surface area contributed by atoms with E-state index < -0.39 is 0 Å². The second-order valence-electron chi connectivity index (χ2n) is 5.91. The number of carbonyl (C=O) groups excluding carboxylic acids is 1. The average Bonchev–Trinajstić information content (AvgIpc) is 2.99. The maximum Gasteiger partial charge on any atom is 0.265 e. The van der Waals surface area contributed by atoms with E-state index in [0.717, 1.165) is 37.9 Å². The van der Waals surface area contributed by atoms with Crippen LogP contribution in [0.2, 0.25) is 0 Å². The number of aryl methyl sites for hydroxylation is 2. The van der Waals surface area contributed by atoms with E-state index in [-0.39, 0.29) is 5.91 Å². The topological polar surface area (TPSA) is 42.0 Å². The number of thiophene rings is 1. The number of nitrogens with one attached hydrogen (secondary N) is 1. The van der Waals surface area contributed by atoms with E-state index in [4.69, 9.17) is 0 Å². The van der Waals surface area contributed by atoms with Crippen molar-refractivity contribution in [3.05, 3.63) is 70.6 Å². The van der Waals surface area contributed by atoms with Crippen molar-refractivity contribution in [3.8, 4) is 0 Å². The lowest BCUT2D eigenvalue weighted by Crippen LogP contribution is -2.12. The monoisotopic (exact) mass is 332 g/mol. The van der Waals surface area contributed by atoms with Crippen molar-refractivity contribution in [2.24, 2.45) is 0 Å². The highest BCUT2D eigenvalue weighted by atomic mass is 32.1. The molecule has 0 fully saturated rings. The number of carbonyl (C=O) groups is 1. The van der Waals surface area contributed by atoms with Crippen LogP contribution in [-0.2, 0) is 0 Å². The van der Waals surface area contributed by atoms with Gasteiger partial charge in [-0.1, -0.05) is 36.4 Å². The summed E-state index contributed by atoms with van der Waals surface area (Å²) in [7, 11) is 0. The summed E-state index contributed by atoms with van der Waals surface area (Å²) in [5.41, 5.74) is 3.97. The number of para-hydroxylation sites is 2. The molecule has 118 valence electrons. The number of amides is 1. The third kappa shape index (κ3) is 2.55. The highest BCUT2D eigenvalue weighted by molar-refractivity contribution is 7.20. The largest absolute Gasteiger partial charge is 0.321 e. The summed E-state index contributed by atoms with van der Waals surface area (Å²) in [6.45, 7) is 4.00. The Morgan fingerprint density at radius 2 is 1.71 bits per heavy atom. The van der Waals surface area contributed by atoms with Crippen LogP contribution in [-0.4, -0.2) is 10.9 Å². The molecule has 0 bridgehead atoms. The lowest BCUT2D eigenvalue weighted by Gasteiger charge is -2.10. The van der Waals surface area contributed by atoms with Crippen molar-refractivity contribution in [3.63, 3.8) is 0 Å². The third-order valence-electron chi connectivity index (χ3n) is 4.15. The fourth-order valence-electron chi connectivity index (χ4n) is 2.87. The van der Waals surface area contributed by atoms with Crippen molar-refractivity contribution in [2.75, 3.05) is 5.32 Å². The molecule has 1 N–H and O–H groups in total. The zero-order valence-electron chi connectivity index (χ0n) is 13.5. The molecule has 3 nitrogen and oxygen atoms in total. The molecule has 4 rings (SSSR count). The van der Waals surface area contributed by atoms with E-state index in [1.54, 1.807) is 0 Å². The molecule has 0 unspecified atom stereocenters. The number of fused-ring (bicyclic) bond motifs is 2. The average molecular weight is 332 g/mol. The first-order valence-corrected chi connectivity index (χ1v) is 8.60. The predicted octanol–water partition coefficient (Wildman–Crippen LogP) is 5.32. The molecule has 0 aliphatic rings. The van der Waals surface area contributed by atoms with Crippen molar-refractivity contribution < 1.29 is 4.79 Å². The Morgan fingerprint density at radius 3 is 2.50 bits per heavy atom. The van der Waals surface area contributed by atoms with Gasteiger partial charge < -0.3 is 5.32 Å². The Labute approximate surface area is 144 Å². The van der Waals surface area contributed by atoms with Gasteiger partial charge in [0.1, 0.15) is 4.83 Å². The van der Waals surface area contributed by atoms with Gasteiger partial charge in [0, 0.05) is 16.5 Å². The molecule has 0 atom stereocenters. The zero-order chi connectivity index (χ0) is 16.7. The number of pyridine rings is 1. The summed E-state index contributed by atoms with van der Waals surface area (Å²) in [5.74, 6) is -0.0838. The number of hydrogen-bond donors (Lipinski definition) is 1. The van der Waals surface area contributed by atoms with Crippen LogP contribution in [0.4, 0.5) is 5.69 Å². The molecule has 0 spiro atoms. The van der Waals surface area contributed by atoms with E-state index in [1.165, 1.54) is 11.3 Å². The number of aromatic nitrogens is 1. The Hall–Kier alpha value is -2.72. The number of benzene rings is 2. The van der Waals surface area contributed by atoms with Crippen molar-refractivity contribution in [1.29, 1.82) is 0 Å². The van der Waals surface area contributed by atoms with Gasteiger partial charge in [-0.15, -0.1) is 11.3 Å². The van der Waals surface area contributed by atoms with Crippen LogP contribution in [0, 0.1) is 13.8 Å². The minimum absolute atomic E-state index is 0.0838. The lowest BCUT2D eigenvalue weighted by atomic mass is 10.1. The Kier molecular flexibility index (Phi) is 3.54. The highest BCUT2D eigenvalue weighted by Crippen LogP contribution is 2.28. The molecule has 0 saturated carbocycles. The van der Waals surface area contributed by atoms with Crippen molar-refractivity contribution in [1.82, 2.24) is 4.98 Å². The van der Waals surface area contributed by atoms with Crippen LogP contribution in [0.5, 0.6) is 0 Å². The summed E-state index contributed by atoms with van der Waals surface area (Å²) in [5, 5.41) is 5.13. The van der Waals surface area contributed by atoms with E-state index in [9.17, 15) is 4.79 Å². The fraction of sp³-hybridized carbons (Fsp3) is 0.100. The molecule has 0 aliphatic heterocycles. The van der Waals surface area contributed by atoms with Gasteiger partial charge in [0.2, 0.25) is 0 Å². The summed E-state index contributed by atoms with van der Waals surface area (Å²) >= 11 is 1.43. The second-order valence-corrected chi connectivity index (χ2v) is 6.94. The SMILES string of the molecule is Cc1cccc(C)c1NC(=O)c1cc2cc3ccccc3nc2s1. The number of anilines is 1. The quantitative estimate of drug-likeness (QED) is 0.540. The van der Waals surface area contributed by atoms with Gasteiger partial charge in [-0.2, -0.15) is 0 Å². The Balaban J connectivity index is 1.73. The molecule has 0 saturated heterocycles. The first-order valence-electron chi connectivity index (χ1n) is 7.79. The third-order valence-corrected chi connectivity index (χ3v) is 5.20. The Morgan fingerprint density at radius 1 is 0.958 bits per heavy atom. The molecule has 24 heavy (non-hydrogen) atoms. The van der Waals surface area contributed by atoms with Gasteiger partial charge >= 0.3 is 0 Å². The first kappa shape index (κ1) is 14.8. The minimum Gasteiger partial charge on any atom is -0.321 e. The molecule has 1 amide bonds. The van der Waals surface area contributed by atoms with Crippen molar-refractivity contribution in [2.45, 2.75) is 13.8 Å². The van der Waals surface area contributed by atoms with Crippen LogP contribution in [0.25, 0.3) is 21.1 Å². The molecule has 4 heteroatoms. The number of nitrogens with zero attached hydrogens (tertiary/aromatic N) is 1. The van der Waals surface area contributed by atoms with E-state index in [0.29, 0.717) is 4.88 Å². The molecule has 0 radical (unpaired) electrons. The van der Waals surface area contributed by atoms with E-state index in [1.807, 2.05) is 62.4 Å². The van der Waals surface area contributed by atoms with Gasteiger partial charge in [-0.05, 0) is 43.2 Å². The van der Waals surface area contributed by atoms with Gasteiger partial charge in [-0.3, -0.25) is 4.79 Å². The summed E-state index contributed by atoms with van der Waals surface area (Å²) in [4.78, 5) is 18.9. The van der Waals surface area contributed by atoms with Gasteiger partial charge in [0.05, 0.1) is 10.4 Å². The molecule has 2 aromatic heterocycles. The minimum atomic E-state index is -0.0838. The first-order chi connectivity index (χ1) is 11.6.